The Morgan fingerprint density at radius 2 is 1.92 bits per heavy atom. The molecule has 2 nitrogen and oxygen atoms in total. The van der Waals surface area contributed by atoms with Gasteiger partial charge in [0.1, 0.15) is 0 Å². The minimum Gasteiger partial charge on any atom is -0.313 e. The van der Waals surface area contributed by atoms with Gasteiger partial charge in [-0.15, -0.1) is 0 Å². The van der Waals surface area contributed by atoms with Crippen LogP contribution in [0.5, 0.6) is 0 Å². The van der Waals surface area contributed by atoms with E-state index in [2.05, 4.69) is 38.3 Å². The first-order valence-corrected chi connectivity index (χ1v) is 5.62. The monoisotopic (exact) mass is 184 g/mol. The van der Waals surface area contributed by atoms with Gasteiger partial charge in [0.2, 0.25) is 0 Å². The fraction of sp³-hybridized carbons (Fsp3) is 1.00. The normalized spacial score (nSPS) is 27.9. The van der Waals surface area contributed by atoms with Crippen molar-refractivity contribution in [2.45, 2.75) is 52.1 Å². The molecule has 1 aliphatic heterocycles. The van der Waals surface area contributed by atoms with E-state index >= 15 is 0 Å². The number of hydrogen-bond donors (Lipinski definition) is 2. The number of piperazine rings is 1. The van der Waals surface area contributed by atoms with E-state index in [1.54, 1.807) is 0 Å². The summed E-state index contributed by atoms with van der Waals surface area (Å²) in [5, 5.41) is 7.35. The second-order valence-electron chi connectivity index (χ2n) is 4.61. The molecule has 1 rings (SSSR count). The number of rotatable bonds is 3. The van der Waals surface area contributed by atoms with Crippen LogP contribution in [0.1, 0.15) is 40.5 Å². The standard InChI is InChI=1S/C11H24N2/c1-5-11(6-2)8-12-7-10(13-11)9(3)4/h9-10,12-13H,5-8H2,1-4H3/t10-/m0/s1. The molecular weight excluding hydrogens is 160 g/mol. The maximum absolute atomic E-state index is 3.80. The van der Waals surface area contributed by atoms with Crippen LogP contribution in [0.25, 0.3) is 0 Å². The fourth-order valence-electron chi connectivity index (χ4n) is 2.07. The van der Waals surface area contributed by atoms with Gasteiger partial charge in [0.25, 0.3) is 0 Å². The second kappa shape index (κ2) is 4.43. The molecule has 1 saturated heterocycles. The molecule has 13 heavy (non-hydrogen) atoms. The van der Waals surface area contributed by atoms with Crippen LogP contribution >= 0.6 is 0 Å². The van der Waals surface area contributed by atoms with E-state index in [4.69, 9.17) is 0 Å². The molecule has 0 aromatic carbocycles. The number of hydrogen-bond acceptors (Lipinski definition) is 2. The molecule has 78 valence electrons. The van der Waals surface area contributed by atoms with Gasteiger partial charge in [-0.2, -0.15) is 0 Å². The molecule has 2 N–H and O–H groups in total. The smallest absolute Gasteiger partial charge is 0.0304 e. The summed E-state index contributed by atoms with van der Waals surface area (Å²) in [7, 11) is 0. The lowest BCUT2D eigenvalue weighted by Crippen LogP contribution is -2.64. The van der Waals surface area contributed by atoms with Crippen molar-refractivity contribution in [3.63, 3.8) is 0 Å². The topological polar surface area (TPSA) is 24.1 Å². The van der Waals surface area contributed by atoms with Crippen molar-refractivity contribution >= 4 is 0 Å². The molecule has 0 aromatic heterocycles. The van der Waals surface area contributed by atoms with Crippen molar-refractivity contribution in [2.24, 2.45) is 5.92 Å². The lowest BCUT2D eigenvalue weighted by Gasteiger charge is -2.43. The highest BCUT2D eigenvalue weighted by atomic mass is 15.1. The van der Waals surface area contributed by atoms with Crippen LogP contribution in [0, 0.1) is 5.92 Å². The fourth-order valence-corrected chi connectivity index (χ4v) is 2.07. The Morgan fingerprint density at radius 3 is 2.38 bits per heavy atom. The molecule has 0 unspecified atom stereocenters. The third-order valence-electron chi connectivity index (χ3n) is 3.48. The van der Waals surface area contributed by atoms with E-state index in [0.29, 0.717) is 11.6 Å². The first-order chi connectivity index (χ1) is 6.13. The summed E-state index contributed by atoms with van der Waals surface area (Å²) in [5.74, 6) is 0.727. The summed E-state index contributed by atoms with van der Waals surface area (Å²) in [5.41, 5.74) is 0.354. The molecule has 0 bridgehead atoms. The molecule has 1 heterocycles. The molecule has 1 fully saturated rings. The molecule has 0 amide bonds. The molecule has 1 aliphatic rings. The predicted molar refractivity (Wildman–Crippen MR) is 57.9 cm³/mol. The van der Waals surface area contributed by atoms with E-state index in [-0.39, 0.29) is 0 Å². The molecule has 0 aliphatic carbocycles. The summed E-state index contributed by atoms with van der Waals surface area (Å²) < 4.78 is 0. The quantitative estimate of drug-likeness (QED) is 0.698. The van der Waals surface area contributed by atoms with E-state index in [0.717, 1.165) is 19.0 Å². The van der Waals surface area contributed by atoms with Crippen LogP contribution in [0.15, 0.2) is 0 Å². The van der Waals surface area contributed by atoms with Crippen molar-refractivity contribution in [3.8, 4) is 0 Å². The summed E-state index contributed by atoms with van der Waals surface area (Å²) in [6, 6.07) is 0.647. The minimum absolute atomic E-state index is 0.354. The largest absolute Gasteiger partial charge is 0.313 e. The van der Waals surface area contributed by atoms with Gasteiger partial charge in [-0.1, -0.05) is 27.7 Å². The molecule has 1 atom stereocenters. The van der Waals surface area contributed by atoms with Crippen LogP contribution in [0.2, 0.25) is 0 Å². The Balaban J connectivity index is 2.58. The minimum atomic E-state index is 0.354. The Bertz CT molecular complexity index is 150. The Morgan fingerprint density at radius 1 is 1.31 bits per heavy atom. The summed E-state index contributed by atoms with van der Waals surface area (Å²) in [6.07, 6.45) is 2.44. The van der Waals surface area contributed by atoms with Crippen LogP contribution in [-0.4, -0.2) is 24.7 Å². The second-order valence-corrected chi connectivity index (χ2v) is 4.61. The Labute approximate surface area is 82.5 Å². The highest BCUT2D eigenvalue weighted by molar-refractivity contribution is 4.96. The summed E-state index contributed by atoms with van der Waals surface area (Å²) in [6.45, 7) is 11.4. The van der Waals surface area contributed by atoms with E-state index in [1.165, 1.54) is 12.8 Å². The molecule has 0 aromatic rings. The van der Waals surface area contributed by atoms with Crippen molar-refractivity contribution in [1.29, 1.82) is 0 Å². The zero-order chi connectivity index (χ0) is 9.90. The first-order valence-electron chi connectivity index (χ1n) is 5.62. The van der Waals surface area contributed by atoms with Crippen molar-refractivity contribution in [2.75, 3.05) is 13.1 Å². The highest BCUT2D eigenvalue weighted by Gasteiger charge is 2.33. The van der Waals surface area contributed by atoms with E-state index in [9.17, 15) is 0 Å². The SMILES string of the molecule is CCC1(CC)CNC[C@@H](C(C)C)N1. The average molecular weight is 184 g/mol. The zero-order valence-corrected chi connectivity index (χ0v) is 9.48. The maximum Gasteiger partial charge on any atom is 0.0304 e. The van der Waals surface area contributed by atoms with Crippen molar-refractivity contribution in [3.05, 3.63) is 0 Å². The summed E-state index contributed by atoms with van der Waals surface area (Å²) >= 11 is 0. The highest BCUT2D eigenvalue weighted by Crippen LogP contribution is 2.20. The molecule has 0 radical (unpaired) electrons. The first kappa shape index (κ1) is 11.0. The van der Waals surface area contributed by atoms with Gasteiger partial charge in [0.15, 0.2) is 0 Å². The maximum atomic E-state index is 3.80. The zero-order valence-electron chi connectivity index (χ0n) is 9.48. The van der Waals surface area contributed by atoms with Gasteiger partial charge in [-0.25, -0.2) is 0 Å². The van der Waals surface area contributed by atoms with Crippen LogP contribution in [-0.2, 0) is 0 Å². The van der Waals surface area contributed by atoms with E-state index < -0.39 is 0 Å². The van der Waals surface area contributed by atoms with Gasteiger partial charge in [-0.05, 0) is 18.8 Å². The molecule has 0 spiro atoms. The third-order valence-corrected chi connectivity index (χ3v) is 3.48. The van der Waals surface area contributed by atoms with Crippen LogP contribution < -0.4 is 10.6 Å². The summed E-state index contributed by atoms with van der Waals surface area (Å²) in [4.78, 5) is 0. The predicted octanol–water partition coefficient (Wildman–Crippen LogP) is 1.76. The van der Waals surface area contributed by atoms with Gasteiger partial charge in [0.05, 0.1) is 0 Å². The van der Waals surface area contributed by atoms with Crippen LogP contribution in [0.4, 0.5) is 0 Å². The Kier molecular flexibility index (Phi) is 3.74. The van der Waals surface area contributed by atoms with Crippen molar-refractivity contribution in [1.82, 2.24) is 10.6 Å². The van der Waals surface area contributed by atoms with Gasteiger partial charge in [-0.3, -0.25) is 0 Å². The van der Waals surface area contributed by atoms with E-state index in [1.807, 2.05) is 0 Å². The van der Waals surface area contributed by atoms with Gasteiger partial charge in [0, 0.05) is 24.7 Å². The lowest BCUT2D eigenvalue weighted by molar-refractivity contribution is 0.181. The van der Waals surface area contributed by atoms with Crippen molar-refractivity contribution < 1.29 is 0 Å². The number of nitrogens with one attached hydrogen (secondary N) is 2. The van der Waals surface area contributed by atoms with Gasteiger partial charge < -0.3 is 10.6 Å². The lowest BCUT2D eigenvalue weighted by atomic mass is 9.87. The van der Waals surface area contributed by atoms with Crippen LogP contribution in [0.3, 0.4) is 0 Å². The molecule has 2 heteroatoms. The molecule has 0 saturated carbocycles. The average Bonchev–Trinajstić information content (AvgIpc) is 2.18. The van der Waals surface area contributed by atoms with Gasteiger partial charge >= 0.3 is 0 Å². The molecular formula is C11H24N2. The third kappa shape index (κ3) is 2.44. The Hall–Kier alpha value is -0.0800.